The van der Waals surface area contributed by atoms with Crippen LogP contribution < -0.4 is 20.7 Å². The lowest BCUT2D eigenvalue weighted by atomic mass is 10.2. The normalized spacial score (nSPS) is 10.6. The number of nitrogens with zero attached hydrogens (tertiary/aromatic N) is 1. The Kier molecular flexibility index (Phi) is 6.40. The van der Waals surface area contributed by atoms with Crippen molar-refractivity contribution in [2.75, 3.05) is 10.6 Å². The van der Waals surface area contributed by atoms with Crippen LogP contribution in [0, 0.1) is 0 Å². The number of rotatable bonds is 5. The number of nitrogens with one attached hydrogen (secondary N) is 3. The molecule has 0 saturated carbocycles. The van der Waals surface area contributed by atoms with Crippen molar-refractivity contribution in [3.05, 3.63) is 48.0 Å². The third-order valence-electron chi connectivity index (χ3n) is 3.64. The van der Waals surface area contributed by atoms with Gasteiger partial charge in [-0.05, 0) is 68.5 Å². The summed E-state index contributed by atoms with van der Waals surface area (Å²) in [5.74, 6) is 0.234. The number of carbonyl (C=O) groups is 2. The third kappa shape index (κ3) is 5.72. The van der Waals surface area contributed by atoms with Crippen LogP contribution in [-0.2, 0) is 4.79 Å². The van der Waals surface area contributed by atoms with Gasteiger partial charge < -0.3 is 15.4 Å². The van der Waals surface area contributed by atoms with Gasteiger partial charge >= 0.3 is 0 Å². The summed E-state index contributed by atoms with van der Waals surface area (Å²) >= 11 is 6.59. The second kappa shape index (κ2) is 8.97. The van der Waals surface area contributed by atoms with E-state index in [4.69, 9.17) is 17.0 Å². The molecule has 0 spiro atoms. The lowest BCUT2D eigenvalue weighted by Gasteiger charge is -2.10. The highest BCUT2D eigenvalue weighted by Crippen LogP contribution is 2.28. The van der Waals surface area contributed by atoms with Crippen LogP contribution in [-0.4, -0.2) is 28.0 Å². The Hall–Kier alpha value is -3.04. The second-order valence-electron chi connectivity index (χ2n) is 6.48. The van der Waals surface area contributed by atoms with E-state index in [1.54, 1.807) is 30.3 Å². The van der Waals surface area contributed by atoms with Crippen molar-refractivity contribution >= 4 is 61.5 Å². The van der Waals surface area contributed by atoms with Crippen molar-refractivity contribution in [1.82, 2.24) is 10.3 Å². The van der Waals surface area contributed by atoms with Gasteiger partial charge in [0.25, 0.3) is 5.91 Å². The van der Waals surface area contributed by atoms with Crippen molar-refractivity contribution in [2.45, 2.75) is 26.9 Å². The molecular formula is C20H20N4O3S2. The van der Waals surface area contributed by atoms with Crippen LogP contribution in [0.4, 0.5) is 10.8 Å². The van der Waals surface area contributed by atoms with E-state index in [-0.39, 0.29) is 23.0 Å². The third-order valence-corrected chi connectivity index (χ3v) is 4.78. The summed E-state index contributed by atoms with van der Waals surface area (Å²) in [4.78, 5) is 28.0. The maximum atomic E-state index is 12.4. The molecule has 0 atom stereocenters. The number of aromatic nitrogens is 1. The Morgan fingerprint density at radius 3 is 2.48 bits per heavy atom. The average Bonchev–Trinajstić information content (AvgIpc) is 3.02. The number of ether oxygens (including phenoxy) is 1. The van der Waals surface area contributed by atoms with Gasteiger partial charge in [0, 0.05) is 18.2 Å². The molecule has 9 heteroatoms. The molecule has 150 valence electrons. The molecule has 0 unspecified atom stereocenters. The first-order valence-electron chi connectivity index (χ1n) is 8.87. The summed E-state index contributed by atoms with van der Waals surface area (Å²) in [5.41, 5.74) is 1.93. The molecule has 7 nitrogen and oxygen atoms in total. The highest BCUT2D eigenvalue weighted by Gasteiger charge is 2.11. The Labute approximate surface area is 177 Å². The molecule has 0 aliphatic carbocycles. The van der Waals surface area contributed by atoms with Crippen molar-refractivity contribution in [2.24, 2.45) is 0 Å². The summed E-state index contributed by atoms with van der Waals surface area (Å²) in [6.45, 7) is 5.33. The highest BCUT2D eigenvalue weighted by atomic mass is 32.1. The zero-order chi connectivity index (χ0) is 21.0. The van der Waals surface area contributed by atoms with Crippen LogP contribution in [0.3, 0.4) is 0 Å². The summed E-state index contributed by atoms with van der Waals surface area (Å²) in [6, 6.07) is 12.3. The molecule has 1 aromatic heterocycles. The van der Waals surface area contributed by atoms with Crippen molar-refractivity contribution in [3.63, 3.8) is 0 Å². The lowest BCUT2D eigenvalue weighted by molar-refractivity contribution is -0.114. The first-order valence-corrected chi connectivity index (χ1v) is 10.1. The Balaban J connectivity index is 1.62. The zero-order valence-corrected chi connectivity index (χ0v) is 17.7. The fourth-order valence-electron chi connectivity index (χ4n) is 2.52. The maximum absolute atomic E-state index is 12.4. The van der Waals surface area contributed by atoms with Gasteiger partial charge in [-0.2, -0.15) is 0 Å². The van der Waals surface area contributed by atoms with Gasteiger partial charge in [-0.25, -0.2) is 4.98 Å². The van der Waals surface area contributed by atoms with Gasteiger partial charge in [0.15, 0.2) is 10.2 Å². The molecule has 1 heterocycles. The van der Waals surface area contributed by atoms with E-state index in [2.05, 4.69) is 20.9 Å². The SMILES string of the molecule is CC(=O)Nc1ccc2nc(NC(=S)NC(=O)c3ccc(OC(C)C)cc3)sc2c1. The first kappa shape index (κ1) is 20.7. The summed E-state index contributed by atoms with van der Waals surface area (Å²) in [6.07, 6.45) is 0.0644. The topological polar surface area (TPSA) is 92.4 Å². The molecule has 2 amide bonds. The van der Waals surface area contributed by atoms with Crippen molar-refractivity contribution in [1.29, 1.82) is 0 Å². The van der Waals surface area contributed by atoms with Crippen LogP contribution in [0.15, 0.2) is 42.5 Å². The number of thiocarbonyl (C=S) groups is 1. The van der Waals surface area contributed by atoms with E-state index in [0.717, 1.165) is 10.2 Å². The summed E-state index contributed by atoms with van der Waals surface area (Å²) in [7, 11) is 0. The fraction of sp³-hybridized carbons (Fsp3) is 0.200. The molecule has 3 aromatic rings. The van der Waals surface area contributed by atoms with Crippen LogP contribution in [0.25, 0.3) is 10.2 Å². The maximum Gasteiger partial charge on any atom is 0.257 e. The molecule has 0 bridgehead atoms. The minimum absolute atomic E-state index is 0.0644. The van der Waals surface area contributed by atoms with Crippen LogP contribution in [0.5, 0.6) is 5.75 Å². The number of hydrogen-bond donors (Lipinski definition) is 3. The van der Waals surface area contributed by atoms with E-state index in [9.17, 15) is 9.59 Å². The number of carbonyl (C=O) groups excluding carboxylic acids is 2. The van der Waals surface area contributed by atoms with Gasteiger partial charge in [-0.1, -0.05) is 11.3 Å². The van der Waals surface area contributed by atoms with E-state index < -0.39 is 0 Å². The predicted molar refractivity (Wildman–Crippen MR) is 120 cm³/mol. The Morgan fingerprint density at radius 1 is 1.10 bits per heavy atom. The molecule has 0 aliphatic heterocycles. The number of benzene rings is 2. The molecule has 0 fully saturated rings. The van der Waals surface area contributed by atoms with Crippen LogP contribution in [0.1, 0.15) is 31.1 Å². The standard InChI is InChI=1S/C20H20N4O3S2/c1-11(2)27-15-7-4-13(5-8-15)18(26)23-19(28)24-20-22-16-9-6-14(21-12(3)25)10-17(16)29-20/h4-11H,1-3H3,(H,21,25)(H2,22,23,24,26,28). The Morgan fingerprint density at radius 2 is 1.83 bits per heavy atom. The monoisotopic (exact) mass is 428 g/mol. The van der Waals surface area contributed by atoms with Crippen molar-refractivity contribution < 1.29 is 14.3 Å². The van der Waals surface area contributed by atoms with Gasteiger partial charge in [0.1, 0.15) is 5.75 Å². The molecular weight excluding hydrogens is 408 g/mol. The molecule has 0 radical (unpaired) electrons. The molecule has 3 rings (SSSR count). The molecule has 2 aromatic carbocycles. The quantitative estimate of drug-likeness (QED) is 0.528. The van der Waals surface area contributed by atoms with E-state index in [1.807, 2.05) is 26.0 Å². The summed E-state index contributed by atoms with van der Waals surface area (Å²) in [5, 5.41) is 8.99. The minimum atomic E-state index is -0.326. The molecule has 3 N–H and O–H groups in total. The first-order chi connectivity index (χ1) is 13.8. The lowest BCUT2D eigenvalue weighted by Crippen LogP contribution is -2.34. The second-order valence-corrected chi connectivity index (χ2v) is 7.92. The predicted octanol–water partition coefficient (Wildman–Crippen LogP) is 4.17. The van der Waals surface area contributed by atoms with E-state index in [1.165, 1.54) is 18.3 Å². The fourth-order valence-corrected chi connectivity index (χ4v) is 3.68. The van der Waals surface area contributed by atoms with Gasteiger partial charge in [-0.15, -0.1) is 0 Å². The smallest absolute Gasteiger partial charge is 0.257 e. The van der Waals surface area contributed by atoms with E-state index >= 15 is 0 Å². The van der Waals surface area contributed by atoms with Gasteiger partial charge in [0.05, 0.1) is 16.3 Å². The largest absolute Gasteiger partial charge is 0.491 e. The van der Waals surface area contributed by atoms with Gasteiger partial charge in [0.2, 0.25) is 5.91 Å². The molecule has 0 saturated heterocycles. The minimum Gasteiger partial charge on any atom is -0.491 e. The van der Waals surface area contributed by atoms with Crippen LogP contribution in [0.2, 0.25) is 0 Å². The van der Waals surface area contributed by atoms with E-state index in [0.29, 0.717) is 22.1 Å². The summed E-state index contributed by atoms with van der Waals surface area (Å²) < 4.78 is 6.45. The Bertz CT molecular complexity index is 1060. The number of hydrogen-bond acceptors (Lipinski definition) is 6. The van der Waals surface area contributed by atoms with Crippen LogP contribution >= 0.6 is 23.6 Å². The van der Waals surface area contributed by atoms with Gasteiger partial charge in [-0.3, -0.25) is 14.9 Å². The number of fused-ring (bicyclic) bond motifs is 1. The zero-order valence-electron chi connectivity index (χ0n) is 16.1. The van der Waals surface area contributed by atoms with Crippen molar-refractivity contribution in [3.8, 4) is 5.75 Å². The average molecular weight is 429 g/mol. The number of amides is 2. The molecule has 29 heavy (non-hydrogen) atoms. The highest BCUT2D eigenvalue weighted by molar-refractivity contribution is 7.80. The molecule has 0 aliphatic rings. The number of anilines is 2. The number of thiazole rings is 1.